The zero-order valence-electron chi connectivity index (χ0n) is 14.9. The van der Waals surface area contributed by atoms with E-state index in [0.717, 1.165) is 38.2 Å². The first-order chi connectivity index (χ1) is 12.7. The van der Waals surface area contributed by atoms with Crippen LogP contribution >= 0.6 is 11.6 Å². The summed E-state index contributed by atoms with van der Waals surface area (Å²) in [5, 5.41) is 3.82. The van der Waals surface area contributed by atoms with E-state index in [1.165, 1.54) is 5.56 Å². The number of carbonyl (C=O) groups excluding carboxylic acids is 1. The van der Waals surface area contributed by atoms with Crippen LogP contribution in [0.3, 0.4) is 0 Å². The Morgan fingerprint density at radius 2 is 1.92 bits per heavy atom. The van der Waals surface area contributed by atoms with Gasteiger partial charge < -0.3 is 10.1 Å². The maximum Gasteiger partial charge on any atom is 0.223 e. The third-order valence-corrected chi connectivity index (χ3v) is 4.78. The van der Waals surface area contributed by atoms with E-state index in [2.05, 4.69) is 34.5 Å². The lowest BCUT2D eigenvalue weighted by Gasteiger charge is -2.33. The first kappa shape index (κ1) is 18.7. The average Bonchev–Trinajstić information content (AvgIpc) is 2.64. The lowest BCUT2D eigenvalue weighted by molar-refractivity contribution is -0.122. The second kappa shape index (κ2) is 9.60. The quantitative estimate of drug-likeness (QED) is 0.801. The summed E-state index contributed by atoms with van der Waals surface area (Å²) in [5.74, 6) is 0.777. The molecule has 2 aromatic carbocycles. The van der Waals surface area contributed by atoms with Crippen LogP contribution in [0.15, 0.2) is 54.6 Å². The van der Waals surface area contributed by atoms with Crippen molar-refractivity contribution < 1.29 is 9.53 Å². The van der Waals surface area contributed by atoms with Crippen molar-refractivity contribution in [3.05, 3.63) is 65.2 Å². The first-order valence-corrected chi connectivity index (χ1v) is 9.51. The highest BCUT2D eigenvalue weighted by atomic mass is 35.5. The Morgan fingerprint density at radius 3 is 2.69 bits per heavy atom. The molecule has 0 spiro atoms. The van der Waals surface area contributed by atoms with E-state index in [-0.39, 0.29) is 11.9 Å². The number of nitrogens with one attached hydrogen (secondary N) is 1. The van der Waals surface area contributed by atoms with Crippen molar-refractivity contribution in [3.8, 4) is 5.75 Å². The predicted molar refractivity (Wildman–Crippen MR) is 104 cm³/mol. The number of carbonyl (C=O) groups is 1. The minimum Gasteiger partial charge on any atom is -0.493 e. The minimum absolute atomic E-state index is 0.0468. The van der Waals surface area contributed by atoms with Crippen LogP contribution in [0.25, 0.3) is 0 Å². The molecule has 3 rings (SSSR count). The molecule has 4 nitrogen and oxygen atoms in total. The number of likely N-dealkylation sites (tertiary alicyclic amines) is 1. The van der Waals surface area contributed by atoms with Crippen LogP contribution in [0.2, 0.25) is 5.02 Å². The smallest absolute Gasteiger partial charge is 0.223 e. The number of nitrogens with zero attached hydrogens (tertiary/aromatic N) is 1. The van der Waals surface area contributed by atoms with E-state index < -0.39 is 0 Å². The number of piperidine rings is 1. The number of ether oxygens (including phenoxy) is 1. The van der Waals surface area contributed by atoms with Crippen LogP contribution in [-0.4, -0.2) is 36.5 Å². The van der Waals surface area contributed by atoms with Crippen molar-refractivity contribution in [2.75, 3.05) is 19.7 Å². The number of halogens is 1. The summed E-state index contributed by atoms with van der Waals surface area (Å²) in [4.78, 5) is 14.6. The van der Waals surface area contributed by atoms with Crippen LogP contribution in [0.4, 0.5) is 0 Å². The predicted octanol–water partition coefficient (Wildman–Crippen LogP) is 3.89. The van der Waals surface area contributed by atoms with E-state index in [9.17, 15) is 4.79 Å². The van der Waals surface area contributed by atoms with E-state index in [1.807, 2.05) is 18.2 Å². The van der Waals surface area contributed by atoms with Crippen LogP contribution < -0.4 is 10.1 Å². The maximum atomic E-state index is 12.2. The van der Waals surface area contributed by atoms with E-state index in [4.69, 9.17) is 16.3 Å². The van der Waals surface area contributed by atoms with Gasteiger partial charge in [0.05, 0.1) is 13.0 Å². The Bertz CT molecular complexity index is 691. The second-order valence-electron chi connectivity index (χ2n) is 6.68. The molecule has 0 aliphatic carbocycles. The average molecular weight is 373 g/mol. The largest absolute Gasteiger partial charge is 0.493 e. The molecule has 138 valence electrons. The van der Waals surface area contributed by atoms with Gasteiger partial charge in [-0.15, -0.1) is 0 Å². The molecule has 0 radical (unpaired) electrons. The van der Waals surface area contributed by atoms with Crippen LogP contribution in [0, 0.1) is 0 Å². The van der Waals surface area contributed by atoms with Gasteiger partial charge in [-0.3, -0.25) is 9.69 Å². The van der Waals surface area contributed by atoms with Crippen molar-refractivity contribution in [1.82, 2.24) is 10.2 Å². The molecule has 5 heteroatoms. The van der Waals surface area contributed by atoms with Crippen LogP contribution in [0.5, 0.6) is 5.75 Å². The summed E-state index contributed by atoms with van der Waals surface area (Å²) in [6.45, 7) is 3.29. The lowest BCUT2D eigenvalue weighted by atomic mass is 10.0. The van der Waals surface area contributed by atoms with Gasteiger partial charge >= 0.3 is 0 Å². The third-order valence-electron chi connectivity index (χ3n) is 4.53. The van der Waals surface area contributed by atoms with Gasteiger partial charge in [-0.25, -0.2) is 0 Å². The third kappa shape index (κ3) is 6.04. The van der Waals surface area contributed by atoms with Gasteiger partial charge in [-0.2, -0.15) is 0 Å². The van der Waals surface area contributed by atoms with Crippen molar-refractivity contribution in [3.63, 3.8) is 0 Å². The molecule has 1 amide bonds. The van der Waals surface area contributed by atoms with Gasteiger partial charge in [0.1, 0.15) is 5.75 Å². The number of hydrogen-bond donors (Lipinski definition) is 1. The van der Waals surface area contributed by atoms with E-state index >= 15 is 0 Å². The zero-order valence-corrected chi connectivity index (χ0v) is 15.6. The summed E-state index contributed by atoms with van der Waals surface area (Å²) >= 11 is 5.84. The fourth-order valence-electron chi connectivity index (χ4n) is 3.25. The molecule has 0 aromatic heterocycles. The molecule has 26 heavy (non-hydrogen) atoms. The van der Waals surface area contributed by atoms with Gasteiger partial charge in [0, 0.05) is 24.2 Å². The monoisotopic (exact) mass is 372 g/mol. The number of amides is 1. The van der Waals surface area contributed by atoms with Crippen molar-refractivity contribution >= 4 is 17.5 Å². The van der Waals surface area contributed by atoms with Gasteiger partial charge in [-0.1, -0.05) is 41.9 Å². The Hall–Kier alpha value is -2.04. The second-order valence-corrected chi connectivity index (χ2v) is 7.12. The Balaban J connectivity index is 1.38. The highest BCUT2D eigenvalue weighted by molar-refractivity contribution is 6.30. The Labute approximate surface area is 160 Å². The minimum atomic E-state index is 0.0468. The fourth-order valence-corrected chi connectivity index (χ4v) is 3.38. The highest BCUT2D eigenvalue weighted by Crippen LogP contribution is 2.16. The molecule has 1 heterocycles. The molecule has 0 saturated carbocycles. The molecule has 1 saturated heterocycles. The zero-order chi connectivity index (χ0) is 18.2. The molecular formula is C21H25ClN2O2. The molecule has 1 unspecified atom stereocenters. The van der Waals surface area contributed by atoms with Gasteiger partial charge in [0.25, 0.3) is 0 Å². The maximum absolute atomic E-state index is 12.2. The van der Waals surface area contributed by atoms with Crippen LogP contribution in [0.1, 0.15) is 24.8 Å². The summed E-state index contributed by atoms with van der Waals surface area (Å²) in [5.41, 5.74) is 1.32. The Kier molecular flexibility index (Phi) is 6.92. The molecule has 1 fully saturated rings. The molecule has 0 bridgehead atoms. The highest BCUT2D eigenvalue weighted by Gasteiger charge is 2.21. The fraction of sp³-hybridized carbons (Fsp3) is 0.381. The van der Waals surface area contributed by atoms with Gasteiger partial charge in [0.2, 0.25) is 5.91 Å². The summed E-state index contributed by atoms with van der Waals surface area (Å²) in [6, 6.07) is 17.9. The molecule has 1 atom stereocenters. The molecule has 1 N–H and O–H groups in total. The molecule has 1 aliphatic rings. The standard InChI is InChI=1S/C21H25ClN2O2/c22-18-8-10-20(11-9-18)26-14-12-21(25)23-19-7-4-13-24(16-19)15-17-5-2-1-3-6-17/h1-3,5-6,8-11,19H,4,7,12-16H2,(H,23,25). The molecule has 1 aliphatic heterocycles. The summed E-state index contributed by atoms with van der Waals surface area (Å²) in [7, 11) is 0. The molecular weight excluding hydrogens is 348 g/mol. The van der Waals surface area contributed by atoms with Crippen molar-refractivity contribution in [2.24, 2.45) is 0 Å². The normalized spacial score (nSPS) is 17.7. The number of hydrogen-bond acceptors (Lipinski definition) is 3. The molecule has 2 aromatic rings. The van der Waals surface area contributed by atoms with Gasteiger partial charge in [-0.05, 0) is 49.2 Å². The summed E-state index contributed by atoms with van der Waals surface area (Å²) in [6.07, 6.45) is 2.51. The lowest BCUT2D eigenvalue weighted by Crippen LogP contribution is -2.47. The number of benzene rings is 2. The van der Waals surface area contributed by atoms with Crippen LogP contribution in [-0.2, 0) is 11.3 Å². The Morgan fingerprint density at radius 1 is 1.15 bits per heavy atom. The summed E-state index contributed by atoms with van der Waals surface area (Å²) < 4.78 is 5.59. The first-order valence-electron chi connectivity index (χ1n) is 9.13. The van der Waals surface area contributed by atoms with E-state index in [0.29, 0.717) is 18.1 Å². The van der Waals surface area contributed by atoms with Gasteiger partial charge in [0.15, 0.2) is 0 Å². The number of rotatable bonds is 7. The van der Waals surface area contributed by atoms with Crippen molar-refractivity contribution in [1.29, 1.82) is 0 Å². The van der Waals surface area contributed by atoms with E-state index in [1.54, 1.807) is 12.1 Å². The topological polar surface area (TPSA) is 41.6 Å². The SMILES string of the molecule is O=C(CCOc1ccc(Cl)cc1)NC1CCCN(Cc2ccccc2)C1. The van der Waals surface area contributed by atoms with Crippen molar-refractivity contribution in [2.45, 2.75) is 31.8 Å².